The molecule has 0 aliphatic carbocycles. The van der Waals surface area contributed by atoms with E-state index in [0.29, 0.717) is 5.56 Å². The Labute approximate surface area is 130 Å². The number of amides is 1. The third kappa shape index (κ3) is 2.43. The zero-order chi connectivity index (χ0) is 14.1. The second-order valence-electron chi connectivity index (χ2n) is 4.69. The predicted octanol–water partition coefficient (Wildman–Crippen LogP) is 4.33. The highest BCUT2D eigenvalue weighted by molar-refractivity contribution is 14.1. The van der Waals surface area contributed by atoms with Gasteiger partial charge in [-0.15, -0.1) is 0 Å². The van der Waals surface area contributed by atoms with Gasteiger partial charge in [-0.1, -0.05) is 18.2 Å². The summed E-state index contributed by atoms with van der Waals surface area (Å²) in [5.74, 6) is -0.0917. The highest BCUT2D eigenvalue weighted by atomic mass is 127. The number of hydrogen-bond donors (Lipinski definition) is 2. The summed E-state index contributed by atoms with van der Waals surface area (Å²) in [6.45, 7) is 2.00. The van der Waals surface area contributed by atoms with Crippen LogP contribution in [0, 0.1) is 10.5 Å². The lowest BCUT2D eigenvalue weighted by atomic mass is 10.1. The monoisotopic (exact) mass is 376 g/mol. The Balaban J connectivity index is 1.97. The maximum Gasteiger partial charge on any atom is 0.257 e. The zero-order valence-electron chi connectivity index (χ0n) is 10.9. The van der Waals surface area contributed by atoms with Gasteiger partial charge in [0.05, 0.1) is 5.56 Å². The fraction of sp³-hybridized carbons (Fsp3) is 0.0625. The van der Waals surface area contributed by atoms with Gasteiger partial charge in [0.25, 0.3) is 5.91 Å². The van der Waals surface area contributed by atoms with Gasteiger partial charge in [0.1, 0.15) is 0 Å². The van der Waals surface area contributed by atoms with Crippen LogP contribution in [0.3, 0.4) is 0 Å². The number of H-pyrrole nitrogens is 1. The molecule has 0 bridgehead atoms. The van der Waals surface area contributed by atoms with Crippen molar-refractivity contribution in [1.82, 2.24) is 4.98 Å². The Bertz CT molecular complexity index is 792. The first-order valence-electron chi connectivity index (χ1n) is 6.29. The van der Waals surface area contributed by atoms with E-state index in [9.17, 15) is 4.79 Å². The molecule has 0 atom stereocenters. The van der Waals surface area contributed by atoms with Crippen molar-refractivity contribution in [3.63, 3.8) is 0 Å². The van der Waals surface area contributed by atoms with Crippen molar-refractivity contribution in [2.24, 2.45) is 0 Å². The molecule has 3 rings (SSSR count). The molecule has 2 N–H and O–H groups in total. The average Bonchev–Trinajstić information content (AvgIpc) is 2.84. The van der Waals surface area contributed by atoms with Crippen LogP contribution in [0.15, 0.2) is 48.7 Å². The Hall–Kier alpha value is -1.82. The first-order valence-corrected chi connectivity index (χ1v) is 7.36. The molecule has 0 fully saturated rings. The van der Waals surface area contributed by atoms with Gasteiger partial charge in [-0.25, -0.2) is 0 Å². The quantitative estimate of drug-likeness (QED) is 0.643. The molecule has 3 nitrogen and oxygen atoms in total. The van der Waals surface area contributed by atoms with Gasteiger partial charge in [0.15, 0.2) is 0 Å². The van der Waals surface area contributed by atoms with Gasteiger partial charge >= 0.3 is 0 Å². The van der Waals surface area contributed by atoms with Gasteiger partial charge in [-0.3, -0.25) is 4.79 Å². The van der Waals surface area contributed by atoms with Gasteiger partial charge < -0.3 is 10.3 Å². The molecule has 0 saturated heterocycles. The highest BCUT2D eigenvalue weighted by Crippen LogP contribution is 2.24. The molecule has 0 saturated carbocycles. The van der Waals surface area contributed by atoms with Crippen molar-refractivity contribution in [3.05, 3.63) is 63.4 Å². The Kier molecular flexibility index (Phi) is 3.48. The van der Waals surface area contributed by atoms with Gasteiger partial charge in [0.2, 0.25) is 0 Å². The van der Waals surface area contributed by atoms with E-state index in [1.807, 2.05) is 49.4 Å². The first-order chi connectivity index (χ1) is 9.65. The molecule has 4 heteroatoms. The van der Waals surface area contributed by atoms with Gasteiger partial charge in [-0.2, -0.15) is 0 Å². The van der Waals surface area contributed by atoms with E-state index >= 15 is 0 Å². The third-order valence-electron chi connectivity index (χ3n) is 3.18. The minimum Gasteiger partial charge on any atom is -0.360 e. The van der Waals surface area contributed by atoms with E-state index in [0.717, 1.165) is 25.7 Å². The minimum atomic E-state index is -0.0917. The normalized spacial score (nSPS) is 10.7. The first kappa shape index (κ1) is 13.2. The molecule has 0 spiro atoms. The summed E-state index contributed by atoms with van der Waals surface area (Å²) < 4.78 is 1.07. The van der Waals surface area contributed by atoms with Crippen molar-refractivity contribution < 1.29 is 4.79 Å². The van der Waals surface area contributed by atoms with Crippen LogP contribution in [-0.4, -0.2) is 10.9 Å². The van der Waals surface area contributed by atoms with Crippen LogP contribution in [0.4, 0.5) is 5.69 Å². The molecule has 100 valence electrons. The number of aromatic amines is 1. The van der Waals surface area contributed by atoms with Crippen LogP contribution in [0.2, 0.25) is 0 Å². The second kappa shape index (κ2) is 5.28. The predicted molar refractivity (Wildman–Crippen MR) is 90.1 cm³/mol. The number of benzene rings is 2. The Morgan fingerprint density at radius 2 is 2.00 bits per heavy atom. The summed E-state index contributed by atoms with van der Waals surface area (Å²) in [4.78, 5) is 15.6. The van der Waals surface area contributed by atoms with Crippen LogP contribution < -0.4 is 5.32 Å². The van der Waals surface area contributed by atoms with E-state index < -0.39 is 0 Å². The molecule has 1 aromatic heterocycles. The summed E-state index contributed by atoms with van der Waals surface area (Å²) in [5.41, 5.74) is 3.59. The molecule has 2 aromatic carbocycles. The van der Waals surface area contributed by atoms with Crippen molar-refractivity contribution in [2.45, 2.75) is 6.92 Å². The lowest BCUT2D eigenvalue weighted by Crippen LogP contribution is -2.11. The molecule has 1 amide bonds. The Morgan fingerprint density at radius 3 is 2.80 bits per heavy atom. The molecule has 0 unspecified atom stereocenters. The SMILES string of the molecule is Cc1cccc(NC(=O)c2c[nH]c3cccc(I)c23)c1. The van der Waals surface area contributed by atoms with Gasteiger partial charge in [0, 0.05) is 26.4 Å². The summed E-state index contributed by atoms with van der Waals surface area (Å²) in [6, 6.07) is 13.7. The smallest absolute Gasteiger partial charge is 0.257 e. The highest BCUT2D eigenvalue weighted by Gasteiger charge is 2.14. The molecule has 0 radical (unpaired) electrons. The Morgan fingerprint density at radius 1 is 1.20 bits per heavy atom. The standard InChI is InChI=1S/C16H13IN2O/c1-10-4-2-5-11(8-10)19-16(20)12-9-18-14-7-3-6-13(17)15(12)14/h2-9,18H,1H3,(H,19,20). The van der Waals surface area contributed by atoms with Crippen LogP contribution in [0.25, 0.3) is 10.9 Å². The molecular weight excluding hydrogens is 363 g/mol. The minimum absolute atomic E-state index is 0.0917. The fourth-order valence-corrected chi connectivity index (χ4v) is 3.03. The molecule has 20 heavy (non-hydrogen) atoms. The van der Waals surface area contributed by atoms with Crippen molar-refractivity contribution in [2.75, 3.05) is 5.32 Å². The zero-order valence-corrected chi connectivity index (χ0v) is 13.1. The number of hydrogen-bond acceptors (Lipinski definition) is 1. The second-order valence-corrected chi connectivity index (χ2v) is 5.85. The molecule has 0 aliphatic rings. The fourth-order valence-electron chi connectivity index (χ4n) is 2.24. The summed E-state index contributed by atoms with van der Waals surface area (Å²) in [6.07, 6.45) is 1.76. The van der Waals surface area contributed by atoms with E-state index in [4.69, 9.17) is 0 Å². The lowest BCUT2D eigenvalue weighted by molar-refractivity contribution is 0.102. The van der Waals surface area contributed by atoms with Gasteiger partial charge in [-0.05, 0) is 59.3 Å². The summed E-state index contributed by atoms with van der Waals surface area (Å²) >= 11 is 2.25. The number of carbonyl (C=O) groups excluding carboxylic acids is 1. The number of fused-ring (bicyclic) bond motifs is 1. The van der Waals surface area contributed by atoms with E-state index in [2.05, 4.69) is 32.9 Å². The lowest BCUT2D eigenvalue weighted by Gasteiger charge is -2.05. The largest absolute Gasteiger partial charge is 0.360 e. The number of aryl methyl sites for hydroxylation is 1. The van der Waals surface area contributed by atoms with Crippen LogP contribution in [-0.2, 0) is 0 Å². The third-order valence-corrected chi connectivity index (χ3v) is 4.07. The molecular formula is C16H13IN2O. The van der Waals surface area contributed by atoms with Crippen molar-refractivity contribution >= 4 is 45.1 Å². The number of rotatable bonds is 2. The van der Waals surface area contributed by atoms with Crippen LogP contribution in [0.1, 0.15) is 15.9 Å². The summed E-state index contributed by atoms with van der Waals surface area (Å²) in [5, 5.41) is 3.91. The number of nitrogens with one attached hydrogen (secondary N) is 2. The number of halogens is 1. The molecule has 3 aromatic rings. The van der Waals surface area contributed by atoms with Crippen LogP contribution >= 0.6 is 22.6 Å². The number of aromatic nitrogens is 1. The van der Waals surface area contributed by atoms with E-state index in [-0.39, 0.29) is 5.91 Å². The van der Waals surface area contributed by atoms with E-state index in [1.165, 1.54) is 0 Å². The van der Waals surface area contributed by atoms with Crippen LogP contribution in [0.5, 0.6) is 0 Å². The maximum atomic E-state index is 12.4. The maximum absolute atomic E-state index is 12.4. The van der Waals surface area contributed by atoms with Crippen molar-refractivity contribution in [3.8, 4) is 0 Å². The average molecular weight is 376 g/mol. The molecule has 1 heterocycles. The number of anilines is 1. The summed E-state index contributed by atoms with van der Waals surface area (Å²) in [7, 11) is 0. The van der Waals surface area contributed by atoms with E-state index in [1.54, 1.807) is 6.20 Å². The molecule has 0 aliphatic heterocycles. The van der Waals surface area contributed by atoms with Crippen molar-refractivity contribution in [1.29, 1.82) is 0 Å². The number of carbonyl (C=O) groups is 1. The topological polar surface area (TPSA) is 44.9 Å².